The lowest BCUT2D eigenvalue weighted by molar-refractivity contribution is -0.598. The van der Waals surface area contributed by atoms with Gasteiger partial charge in [0.25, 0.3) is 25.2 Å². The first kappa shape index (κ1) is 16.6. The highest BCUT2D eigenvalue weighted by atomic mass is 16.7. The minimum absolute atomic E-state index is 0.726. The normalized spacial score (nSPS) is 13.5. The molecule has 0 radical (unpaired) electrons. The van der Waals surface area contributed by atoms with E-state index in [9.17, 15) is 40.5 Å². The Hall–Kier alpha value is -2.44. The zero-order chi connectivity index (χ0) is 15.0. The fourth-order valence-electron chi connectivity index (χ4n) is 1.04. The molecule has 13 heteroatoms. The van der Waals surface area contributed by atoms with Crippen LogP contribution >= 0.6 is 0 Å². The molecular formula is C6H10N4O9. The summed E-state index contributed by atoms with van der Waals surface area (Å²) in [5.74, 6) is 0. The molecule has 0 fully saturated rings. The summed E-state index contributed by atoms with van der Waals surface area (Å²) >= 11 is 0. The van der Waals surface area contributed by atoms with Gasteiger partial charge in [0.15, 0.2) is 0 Å². The molecule has 0 aliphatic heterocycles. The van der Waals surface area contributed by atoms with Gasteiger partial charge < -0.3 is 4.74 Å². The number of hydrogen-bond donors (Lipinski definition) is 0. The third kappa shape index (κ3) is 7.48. The Kier molecular flexibility index (Phi) is 6.80. The number of rotatable bonds is 10. The maximum absolute atomic E-state index is 10.4. The first-order chi connectivity index (χ1) is 8.73. The largest absolute Gasteiger partial charge is 0.367 e. The molecule has 0 aromatic rings. The number of ether oxygens (including phenoxy) is 1. The lowest BCUT2D eigenvalue weighted by atomic mass is 10.3. The van der Waals surface area contributed by atoms with Crippen molar-refractivity contribution < 1.29 is 24.4 Å². The summed E-state index contributed by atoms with van der Waals surface area (Å²) in [5.41, 5.74) is 0. The van der Waals surface area contributed by atoms with Gasteiger partial charge in [-0.3, -0.25) is 40.5 Å². The van der Waals surface area contributed by atoms with E-state index in [0.717, 1.165) is 0 Å². The van der Waals surface area contributed by atoms with Gasteiger partial charge in [0.05, 0.1) is 0 Å². The van der Waals surface area contributed by atoms with E-state index >= 15 is 0 Å². The zero-order valence-electron chi connectivity index (χ0n) is 9.45. The third-order valence-electron chi connectivity index (χ3n) is 1.94. The van der Waals surface area contributed by atoms with E-state index in [-0.39, 0.29) is 0 Å². The Morgan fingerprint density at radius 2 is 1.05 bits per heavy atom. The fourth-order valence-corrected chi connectivity index (χ4v) is 1.04. The highest BCUT2D eigenvalue weighted by molar-refractivity contribution is 4.57. The van der Waals surface area contributed by atoms with Crippen molar-refractivity contribution in [1.29, 1.82) is 0 Å². The van der Waals surface area contributed by atoms with Crippen LogP contribution in [0.2, 0.25) is 0 Å². The van der Waals surface area contributed by atoms with Crippen molar-refractivity contribution in [2.45, 2.75) is 12.1 Å². The molecule has 0 rings (SSSR count). The number of nitrogens with zero attached hydrogens (tertiary/aromatic N) is 4. The van der Waals surface area contributed by atoms with E-state index < -0.39 is 58.1 Å². The lowest BCUT2D eigenvalue weighted by Gasteiger charge is -2.08. The monoisotopic (exact) mass is 282 g/mol. The molecule has 0 amide bonds. The van der Waals surface area contributed by atoms with E-state index in [1.807, 2.05) is 0 Å². The smallest absolute Gasteiger partial charge is 0.299 e. The average molecular weight is 282 g/mol. The molecule has 0 aromatic heterocycles. The quantitative estimate of drug-likeness (QED) is 0.352. The molecule has 0 heterocycles. The minimum Gasteiger partial charge on any atom is -0.367 e. The van der Waals surface area contributed by atoms with Crippen LogP contribution in [-0.2, 0) is 4.74 Å². The number of nitro groups is 4. The average Bonchev–Trinajstić information content (AvgIpc) is 2.24. The molecule has 2 unspecified atom stereocenters. The van der Waals surface area contributed by atoms with Crippen LogP contribution < -0.4 is 0 Å². The molecule has 19 heavy (non-hydrogen) atoms. The Morgan fingerprint density at radius 3 is 1.26 bits per heavy atom. The maximum Gasteiger partial charge on any atom is 0.299 e. The summed E-state index contributed by atoms with van der Waals surface area (Å²) in [6.45, 7) is -3.44. The summed E-state index contributed by atoms with van der Waals surface area (Å²) in [6.07, 6.45) is 0. The van der Waals surface area contributed by atoms with Crippen LogP contribution in [0.5, 0.6) is 0 Å². The van der Waals surface area contributed by atoms with Gasteiger partial charge in [-0.05, 0) is 0 Å². The van der Waals surface area contributed by atoms with Crippen molar-refractivity contribution in [2.75, 3.05) is 26.3 Å². The fraction of sp³-hybridized carbons (Fsp3) is 1.00. The van der Waals surface area contributed by atoms with Crippen LogP contribution in [0.15, 0.2) is 0 Å². The molecular weight excluding hydrogens is 272 g/mol. The molecule has 0 bridgehead atoms. The Morgan fingerprint density at radius 1 is 0.737 bits per heavy atom. The van der Waals surface area contributed by atoms with Crippen molar-refractivity contribution >= 4 is 0 Å². The van der Waals surface area contributed by atoms with Gasteiger partial charge in [-0.25, -0.2) is 0 Å². The van der Waals surface area contributed by atoms with Crippen LogP contribution in [0.4, 0.5) is 0 Å². The first-order valence-electron chi connectivity index (χ1n) is 4.82. The SMILES string of the molecule is O=[N+]([O-])CC(COCC(C[N+](=O)[O-])[N+](=O)[O-])[N+](=O)[O-]. The van der Waals surface area contributed by atoms with E-state index in [2.05, 4.69) is 4.74 Å². The molecule has 0 aliphatic rings. The van der Waals surface area contributed by atoms with E-state index in [1.165, 1.54) is 0 Å². The van der Waals surface area contributed by atoms with Crippen molar-refractivity contribution in [2.24, 2.45) is 0 Å². The van der Waals surface area contributed by atoms with Crippen LogP contribution in [0.25, 0.3) is 0 Å². The molecule has 0 N–H and O–H groups in total. The summed E-state index contributed by atoms with van der Waals surface area (Å²) in [4.78, 5) is 37.3. The van der Waals surface area contributed by atoms with Gasteiger partial charge in [-0.1, -0.05) is 0 Å². The predicted octanol–water partition coefficient (Wildman–Crippen LogP) is -1.15. The molecule has 13 nitrogen and oxygen atoms in total. The minimum atomic E-state index is -1.65. The van der Waals surface area contributed by atoms with E-state index in [0.29, 0.717) is 0 Å². The van der Waals surface area contributed by atoms with Crippen molar-refractivity contribution in [3.63, 3.8) is 0 Å². The van der Waals surface area contributed by atoms with Gasteiger partial charge in [-0.2, -0.15) is 0 Å². The predicted molar refractivity (Wildman–Crippen MR) is 56.1 cm³/mol. The standard InChI is InChI=1S/C6H10N4O9/c11-7(12)1-5(9(15)16)3-19-4-6(10(17)18)2-8(13)14/h5-6H,1-4H2. The zero-order valence-corrected chi connectivity index (χ0v) is 9.45. The van der Waals surface area contributed by atoms with Crippen LogP contribution in [0.1, 0.15) is 0 Å². The molecule has 0 saturated heterocycles. The van der Waals surface area contributed by atoms with Crippen LogP contribution in [-0.4, -0.2) is 58.1 Å². The lowest BCUT2D eigenvalue weighted by Crippen LogP contribution is -2.37. The second-order valence-corrected chi connectivity index (χ2v) is 3.45. The molecule has 0 saturated carbocycles. The molecule has 0 spiro atoms. The second kappa shape index (κ2) is 7.80. The molecule has 2 atom stereocenters. The second-order valence-electron chi connectivity index (χ2n) is 3.45. The Bertz CT molecular complexity index is 338. The van der Waals surface area contributed by atoms with Crippen molar-refractivity contribution in [3.8, 4) is 0 Å². The van der Waals surface area contributed by atoms with Gasteiger partial charge in [0.1, 0.15) is 13.2 Å². The van der Waals surface area contributed by atoms with Gasteiger partial charge in [-0.15, -0.1) is 0 Å². The Balaban J connectivity index is 4.28. The molecule has 0 aliphatic carbocycles. The first-order valence-corrected chi connectivity index (χ1v) is 4.82. The van der Waals surface area contributed by atoms with Gasteiger partial charge in [0.2, 0.25) is 0 Å². The van der Waals surface area contributed by atoms with E-state index in [4.69, 9.17) is 0 Å². The van der Waals surface area contributed by atoms with Crippen molar-refractivity contribution in [3.05, 3.63) is 40.5 Å². The topological polar surface area (TPSA) is 182 Å². The summed E-state index contributed by atoms with van der Waals surface area (Å²) in [6, 6.07) is -3.31. The van der Waals surface area contributed by atoms with Gasteiger partial charge >= 0.3 is 0 Å². The summed E-state index contributed by atoms with van der Waals surface area (Å²) in [5, 5.41) is 41.0. The summed E-state index contributed by atoms with van der Waals surface area (Å²) in [7, 11) is 0. The van der Waals surface area contributed by atoms with E-state index in [1.54, 1.807) is 0 Å². The third-order valence-corrected chi connectivity index (χ3v) is 1.94. The number of hydrogen-bond acceptors (Lipinski definition) is 9. The summed E-state index contributed by atoms with van der Waals surface area (Å²) < 4.78 is 4.59. The highest BCUT2D eigenvalue weighted by Gasteiger charge is 2.31. The molecule has 0 aromatic carbocycles. The van der Waals surface area contributed by atoms with Crippen LogP contribution in [0, 0.1) is 40.5 Å². The van der Waals surface area contributed by atoms with Crippen LogP contribution in [0.3, 0.4) is 0 Å². The highest BCUT2D eigenvalue weighted by Crippen LogP contribution is 1.97. The maximum atomic E-state index is 10.4. The van der Waals surface area contributed by atoms with Crippen molar-refractivity contribution in [1.82, 2.24) is 0 Å². The Labute approximate surface area is 104 Å². The molecule has 108 valence electrons. The van der Waals surface area contributed by atoms with Gasteiger partial charge in [0, 0.05) is 19.7 Å².